The lowest BCUT2D eigenvalue weighted by atomic mass is 9.96. The molecule has 1 aliphatic rings. The van der Waals surface area contributed by atoms with Gasteiger partial charge in [-0.1, -0.05) is 23.3 Å². The molecule has 1 aromatic heterocycles. The van der Waals surface area contributed by atoms with Crippen LogP contribution in [0.4, 0.5) is 5.69 Å². The number of aryl methyl sites for hydroxylation is 3. The van der Waals surface area contributed by atoms with Crippen LogP contribution in [0.2, 0.25) is 0 Å². The van der Waals surface area contributed by atoms with Crippen LogP contribution in [0.5, 0.6) is 0 Å². The van der Waals surface area contributed by atoms with Crippen molar-refractivity contribution in [2.75, 3.05) is 18.4 Å². The first-order valence-corrected chi connectivity index (χ1v) is 10.7. The van der Waals surface area contributed by atoms with Crippen LogP contribution in [0.1, 0.15) is 40.0 Å². The third kappa shape index (κ3) is 4.68. The molecular formula is C25H28N4O2. The van der Waals surface area contributed by atoms with Crippen molar-refractivity contribution in [2.45, 2.75) is 33.6 Å². The van der Waals surface area contributed by atoms with E-state index in [4.69, 9.17) is 0 Å². The number of nitrogens with one attached hydrogen (secondary N) is 1. The van der Waals surface area contributed by atoms with Crippen molar-refractivity contribution in [1.82, 2.24) is 14.7 Å². The summed E-state index contributed by atoms with van der Waals surface area (Å²) in [6, 6.07) is 15.5. The zero-order valence-corrected chi connectivity index (χ0v) is 18.3. The molecule has 2 amide bonds. The largest absolute Gasteiger partial charge is 0.338 e. The van der Waals surface area contributed by atoms with E-state index in [1.807, 2.05) is 72.8 Å². The van der Waals surface area contributed by atoms with E-state index >= 15 is 0 Å². The van der Waals surface area contributed by atoms with E-state index in [0.717, 1.165) is 41.0 Å². The summed E-state index contributed by atoms with van der Waals surface area (Å²) in [4.78, 5) is 27.8. The number of carbonyl (C=O) groups is 2. The molecule has 1 N–H and O–H groups in total. The Hall–Kier alpha value is -3.41. The second kappa shape index (κ2) is 8.76. The minimum absolute atomic E-state index is 0.000421. The Morgan fingerprint density at radius 2 is 1.81 bits per heavy atom. The number of carbonyl (C=O) groups excluding carboxylic acids is 2. The molecule has 6 heteroatoms. The molecule has 31 heavy (non-hydrogen) atoms. The van der Waals surface area contributed by atoms with Gasteiger partial charge in [0.15, 0.2) is 0 Å². The molecule has 2 heterocycles. The van der Waals surface area contributed by atoms with Gasteiger partial charge in [0.2, 0.25) is 5.91 Å². The first-order valence-electron chi connectivity index (χ1n) is 10.7. The van der Waals surface area contributed by atoms with Crippen LogP contribution in [-0.4, -0.2) is 39.6 Å². The standard InChI is InChI=1S/C25H28N4O2/c1-17-12-18(2)14-21(13-17)25(31)28-11-5-6-20(16-28)24(30)27-22-7-4-8-23(15-22)29-19(3)9-10-26-29/h4,7-10,12-15,20H,5-6,11,16H2,1-3H3,(H,27,30). The Labute approximate surface area is 182 Å². The number of nitrogens with zero attached hydrogens (tertiary/aromatic N) is 3. The summed E-state index contributed by atoms with van der Waals surface area (Å²) in [5.74, 6) is -0.272. The maximum atomic E-state index is 13.0. The number of likely N-dealkylation sites (tertiary alicyclic amines) is 1. The van der Waals surface area contributed by atoms with E-state index in [-0.39, 0.29) is 17.7 Å². The van der Waals surface area contributed by atoms with Gasteiger partial charge in [-0.05, 0) is 70.0 Å². The van der Waals surface area contributed by atoms with Crippen molar-refractivity contribution in [2.24, 2.45) is 5.92 Å². The van der Waals surface area contributed by atoms with E-state index in [0.29, 0.717) is 18.7 Å². The highest BCUT2D eigenvalue weighted by Gasteiger charge is 2.29. The molecule has 3 aromatic rings. The van der Waals surface area contributed by atoms with Gasteiger partial charge in [0.25, 0.3) is 5.91 Å². The molecule has 0 saturated carbocycles. The molecule has 1 atom stereocenters. The van der Waals surface area contributed by atoms with Crippen LogP contribution in [0.3, 0.4) is 0 Å². The number of benzene rings is 2. The molecule has 0 bridgehead atoms. The molecule has 1 saturated heterocycles. The van der Waals surface area contributed by atoms with Crippen molar-refractivity contribution < 1.29 is 9.59 Å². The average molecular weight is 417 g/mol. The highest BCUT2D eigenvalue weighted by molar-refractivity contribution is 5.96. The van der Waals surface area contributed by atoms with Crippen LogP contribution in [0.15, 0.2) is 54.7 Å². The summed E-state index contributed by atoms with van der Waals surface area (Å²) >= 11 is 0. The fourth-order valence-electron chi connectivity index (χ4n) is 4.26. The monoisotopic (exact) mass is 416 g/mol. The van der Waals surface area contributed by atoms with Crippen LogP contribution < -0.4 is 5.32 Å². The summed E-state index contributed by atoms with van der Waals surface area (Å²) in [7, 11) is 0. The molecule has 1 unspecified atom stereocenters. The Morgan fingerprint density at radius 3 is 2.52 bits per heavy atom. The summed E-state index contributed by atoms with van der Waals surface area (Å²) < 4.78 is 1.83. The normalized spacial score (nSPS) is 16.2. The summed E-state index contributed by atoms with van der Waals surface area (Å²) in [6.07, 6.45) is 3.35. The van der Waals surface area contributed by atoms with E-state index in [2.05, 4.69) is 16.5 Å². The predicted octanol–water partition coefficient (Wildman–Crippen LogP) is 4.29. The SMILES string of the molecule is Cc1cc(C)cc(C(=O)N2CCCC(C(=O)Nc3cccc(-n4nccc4C)c3)C2)c1. The molecule has 1 fully saturated rings. The number of hydrogen-bond acceptors (Lipinski definition) is 3. The van der Waals surface area contributed by atoms with E-state index in [9.17, 15) is 9.59 Å². The molecular weight excluding hydrogens is 388 g/mol. The van der Waals surface area contributed by atoms with E-state index in [1.54, 1.807) is 6.20 Å². The lowest BCUT2D eigenvalue weighted by Gasteiger charge is -2.32. The van der Waals surface area contributed by atoms with Gasteiger partial charge in [-0.15, -0.1) is 0 Å². The zero-order chi connectivity index (χ0) is 22.0. The van der Waals surface area contributed by atoms with Gasteiger partial charge >= 0.3 is 0 Å². The minimum Gasteiger partial charge on any atom is -0.338 e. The molecule has 2 aromatic carbocycles. The highest BCUT2D eigenvalue weighted by Crippen LogP contribution is 2.22. The third-order valence-corrected chi connectivity index (χ3v) is 5.74. The predicted molar refractivity (Wildman–Crippen MR) is 121 cm³/mol. The van der Waals surface area contributed by atoms with Crippen LogP contribution in [0, 0.1) is 26.7 Å². The fourth-order valence-corrected chi connectivity index (χ4v) is 4.26. The fraction of sp³-hybridized carbons (Fsp3) is 0.320. The number of piperidine rings is 1. The quantitative estimate of drug-likeness (QED) is 0.690. The van der Waals surface area contributed by atoms with Gasteiger partial charge in [-0.3, -0.25) is 9.59 Å². The zero-order valence-electron chi connectivity index (χ0n) is 18.3. The van der Waals surface area contributed by atoms with Crippen molar-refractivity contribution in [3.8, 4) is 5.69 Å². The highest BCUT2D eigenvalue weighted by atomic mass is 16.2. The van der Waals surface area contributed by atoms with Gasteiger partial charge in [0.1, 0.15) is 0 Å². The molecule has 160 valence electrons. The van der Waals surface area contributed by atoms with Gasteiger partial charge in [0.05, 0.1) is 11.6 Å². The Morgan fingerprint density at radius 1 is 1.03 bits per heavy atom. The molecule has 4 rings (SSSR count). The van der Waals surface area contributed by atoms with Gasteiger partial charge < -0.3 is 10.2 Å². The first kappa shape index (κ1) is 20.8. The van der Waals surface area contributed by atoms with Gasteiger partial charge in [-0.25, -0.2) is 4.68 Å². The lowest BCUT2D eigenvalue weighted by molar-refractivity contribution is -0.121. The molecule has 0 aliphatic carbocycles. The molecule has 0 radical (unpaired) electrons. The second-order valence-corrected chi connectivity index (χ2v) is 8.39. The summed E-state index contributed by atoms with van der Waals surface area (Å²) in [5, 5.41) is 7.36. The maximum Gasteiger partial charge on any atom is 0.253 e. The number of rotatable bonds is 4. The number of hydrogen-bond donors (Lipinski definition) is 1. The number of anilines is 1. The Balaban J connectivity index is 1.45. The Bertz CT molecular complexity index is 1100. The molecule has 6 nitrogen and oxygen atoms in total. The average Bonchev–Trinajstić information content (AvgIpc) is 3.18. The summed E-state index contributed by atoms with van der Waals surface area (Å²) in [6.45, 7) is 7.10. The third-order valence-electron chi connectivity index (χ3n) is 5.74. The number of aromatic nitrogens is 2. The van der Waals surface area contributed by atoms with E-state index < -0.39 is 0 Å². The second-order valence-electron chi connectivity index (χ2n) is 8.39. The van der Waals surface area contributed by atoms with Crippen LogP contribution in [0.25, 0.3) is 5.69 Å². The smallest absolute Gasteiger partial charge is 0.253 e. The lowest BCUT2D eigenvalue weighted by Crippen LogP contribution is -2.43. The number of amides is 2. The topological polar surface area (TPSA) is 67.2 Å². The molecule has 1 aliphatic heterocycles. The minimum atomic E-state index is -0.223. The van der Waals surface area contributed by atoms with Gasteiger partial charge in [-0.2, -0.15) is 5.10 Å². The van der Waals surface area contributed by atoms with E-state index in [1.165, 1.54) is 0 Å². The van der Waals surface area contributed by atoms with Crippen molar-refractivity contribution in [3.05, 3.63) is 77.1 Å². The van der Waals surface area contributed by atoms with Crippen LogP contribution >= 0.6 is 0 Å². The Kier molecular flexibility index (Phi) is 5.89. The van der Waals surface area contributed by atoms with Crippen LogP contribution in [-0.2, 0) is 4.79 Å². The first-order chi connectivity index (χ1) is 14.9. The summed E-state index contributed by atoms with van der Waals surface area (Å²) in [5.41, 5.74) is 5.49. The van der Waals surface area contributed by atoms with Crippen molar-refractivity contribution >= 4 is 17.5 Å². The van der Waals surface area contributed by atoms with Crippen molar-refractivity contribution in [3.63, 3.8) is 0 Å². The van der Waals surface area contributed by atoms with Gasteiger partial charge in [0, 0.05) is 36.2 Å². The molecule has 0 spiro atoms. The maximum absolute atomic E-state index is 13.0. The van der Waals surface area contributed by atoms with Crippen molar-refractivity contribution in [1.29, 1.82) is 0 Å².